The molecule has 1 aromatic heterocycles. The number of nitrogens with zero attached hydrogens (tertiary/aromatic N) is 2. The van der Waals surface area contributed by atoms with Gasteiger partial charge in [-0.15, -0.1) is 11.8 Å². The van der Waals surface area contributed by atoms with Crippen molar-refractivity contribution >= 4 is 11.8 Å². The summed E-state index contributed by atoms with van der Waals surface area (Å²) in [5.74, 6) is 1.43. The molecule has 1 aliphatic carbocycles. The molecule has 0 spiro atoms. The Morgan fingerprint density at radius 1 is 1.36 bits per heavy atom. The maximum Gasteiger partial charge on any atom is 0.217 e. The molecule has 0 aliphatic heterocycles. The van der Waals surface area contributed by atoms with E-state index in [2.05, 4.69) is 9.97 Å². The summed E-state index contributed by atoms with van der Waals surface area (Å²) in [5, 5.41) is 0.754. The Hall–Kier alpha value is -0.640. The van der Waals surface area contributed by atoms with Gasteiger partial charge in [0.1, 0.15) is 11.4 Å². The van der Waals surface area contributed by atoms with Crippen LogP contribution in [0.5, 0.6) is 0 Å². The van der Waals surface area contributed by atoms with Crippen molar-refractivity contribution in [2.24, 2.45) is 5.92 Å². The lowest BCUT2D eigenvalue weighted by Crippen LogP contribution is -1.97. The van der Waals surface area contributed by atoms with Gasteiger partial charge in [0, 0.05) is 11.8 Å². The van der Waals surface area contributed by atoms with E-state index in [-0.39, 0.29) is 0 Å². The van der Waals surface area contributed by atoms with Gasteiger partial charge in [0.2, 0.25) is 5.95 Å². The number of rotatable bonds is 3. The van der Waals surface area contributed by atoms with Crippen molar-refractivity contribution in [1.29, 1.82) is 0 Å². The molecule has 0 amide bonds. The van der Waals surface area contributed by atoms with E-state index in [0.717, 1.165) is 16.7 Å². The second-order valence-electron chi connectivity index (χ2n) is 3.64. The predicted octanol–water partition coefficient (Wildman–Crippen LogP) is 2.90. The lowest BCUT2D eigenvalue weighted by Gasteiger charge is -2.06. The third-order valence-electron chi connectivity index (χ3n) is 2.55. The Kier molecular flexibility index (Phi) is 3.35. The van der Waals surface area contributed by atoms with Crippen molar-refractivity contribution in [2.45, 2.75) is 30.7 Å². The molecule has 1 fully saturated rings. The zero-order chi connectivity index (χ0) is 9.80. The van der Waals surface area contributed by atoms with Gasteiger partial charge in [-0.3, -0.25) is 0 Å². The second kappa shape index (κ2) is 4.73. The van der Waals surface area contributed by atoms with Gasteiger partial charge in [0.05, 0.1) is 0 Å². The molecule has 0 saturated heterocycles. The average molecular weight is 212 g/mol. The van der Waals surface area contributed by atoms with E-state index in [1.165, 1.54) is 38.1 Å². The minimum Gasteiger partial charge on any atom is -0.230 e. The summed E-state index contributed by atoms with van der Waals surface area (Å²) >= 11 is 1.64. The molecule has 1 heterocycles. The van der Waals surface area contributed by atoms with Gasteiger partial charge in [-0.05, 0) is 18.8 Å². The normalized spacial score (nSPS) is 17.5. The third kappa shape index (κ3) is 2.67. The van der Waals surface area contributed by atoms with Gasteiger partial charge in [-0.25, -0.2) is 9.97 Å². The Balaban J connectivity index is 1.85. The highest BCUT2D eigenvalue weighted by Gasteiger charge is 2.15. The van der Waals surface area contributed by atoms with Crippen LogP contribution in [-0.4, -0.2) is 15.7 Å². The van der Waals surface area contributed by atoms with Crippen molar-refractivity contribution in [3.63, 3.8) is 0 Å². The summed E-state index contributed by atoms with van der Waals surface area (Å²) in [5.41, 5.74) is 0. The van der Waals surface area contributed by atoms with E-state index in [1.54, 1.807) is 11.8 Å². The molecule has 0 N–H and O–H groups in total. The fraction of sp³-hybridized carbons (Fsp3) is 0.600. The maximum absolute atomic E-state index is 12.7. The van der Waals surface area contributed by atoms with Crippen molar-refractivity contribution in [3.8, 4) is 0 Å². The van der Waals surface area contributed by atoms with Crippen molar-refractivity contribution in [1.82, 2.24) is 9.97 Å². The van der Waals surface area contributed by atoms with E-state index in [1.807, 2.05) is 0 Å². The summed E-state index contributed by atoms with van der Waals surface area (Å²) < 4.78 is 12.7. The molecular weight excluding hydrogens is 199 g/mol. The summed E-state index contributed by atoms with van der Waals surface area (Å²) in [6.45, 7) is 0. The minimum atomic E-state index is -0.436. The van der Waals surface area contributed by atoms with E-state index >= 15 is 0 Å². The average Bonchev–Trinajstić information content (AvgIpc) is 2.67. The fourth-order valence-electron chi connectivity index (χ4n) is 1.78. The predicted molar refractivity (Wildman–Crippen MR) is 54.7 cm³/mol. The molecular formula is C10H13FN2S. The molecule has 0 aromatic carbocycles. The molecule has 0 radical (unpaired) electrons. The van der Waals surface area contributed by atoms with Gasteiger partial charge in [-0.2, -0.15) is 4.39 Å². The van der Waals surface area contributed by atoms with Crippen molar-refractivity contribution < 1.29 is 4.39 Å². The van der Waals surface area contributed by atoms with Crippen LogP contribution < -0.4 is 0 Å². The van der Waals surface area contributed by atoms with Crippen molar-refractivity contribution in [2.75, 3.05) is 5.75 Å². The molecule has 4 heteroatoms. The van der Waals surface area contributed by atoms with Crippen LogP contribution >= 0.6 is 11.8 Å². The standard InChI is InChI=1S/C10H13FN2S/c11-9-5-10(13-7-12-9)14-6-8-3-1-2-4-8/h5,7-8H,1-4,6H2. The monoisotopic (exact) mass is 212 g/mol. The molecule has 1 saturated carbocycles. The Morgan fingerprint density at radius 2 is 2.14 bits per heavy atom. The number of hydrogen-bond donors (Lipinski definition) is 0. The highest BCUT2D eigenvalue weighted by atomic mass is 32.2. The van der Waals surface area contributed by atoms with E-state index < -0.39 is 5.95 Å². The van der Waals surface area contributed by atoms with Gasteiger partial charge in [0.25, 0.3) is 0 Å². The van der Waals surface area contributed by atoms with E-state index in [4.69, 9.17) is 0 Å². The lowest BCUT2D eigenvalue weighted by atomic mass is 10.1. The molecule has 1 aliphatic rings. The molecule has 1 aromatic rings. The second-order valence-corrected chi connectivity index (χ2v) is 4.68. The largest absolute Gasteiger partial charge is 0.230 e. The van der Waals surface area contributed by atoms with Crippen molar-refractivity contribution in [3.05, 3.63) is 18.3 Å². The Morgan fingerprint density at radius 3 is 2.86 bits per heavy atom. The molecule has 0 unspecified atom stereocenters. The first-order valence-electron chi connectivity index (χ1n) is 4.95. The Bertz CT molecular complexity index is 300. The van der Waals surface area contributed by atoms with E-state index in [0.29, 0.717) is 0 Å². The smallest absolute Gasteiger partial charge is 0.217 e. The number of hydrogen-bond acceptors (Lipinski definition) is 3. The number of aromatic nitrogens is 2. The van der Waals surface area contributed by atoms with Gasteiger partial charge >= 0.3 is 0 Å². The maximum atomic E-state index is 12.7. The zero-order valence-corrected chi connectivity index (χ0v) is 8.76. The lowest BCUT2D eigenvalue weighted by molar-refractivity contribution is 0.572. The van der Waals surface area contributed by atoms with Crippen LogP contribution in [0.4, 0.5) is 4.39 Å². The van der Waals surface area contributed by atoms with Crippen LogP contribution in [-0.2, 0) is 0 Å². The van der Waals surface area contributed by atoms with Crippen LogP contribution in [0.2, 0.25) is 0 Å². The topological polar surface area (TPSA) is 25.8 Å². The van der Waals surface area contributed by atoms with Crippen LogP contribution in [0.3, 0.4) is 0 Å². The zero-order valence-electron chi connectivity index (χ0n) is 7.95. The summed E-state index contributed by atoms with van der Waals surface area (Å²) in [6, 6.07) is 1.40. The summed E-state index contributed by atoms with van der Waals surface area (Å²) in [4.78, 5) is 7.44. The highest BCUT2D eigenvalue weighted by molar-refractivity contribution is 7.99. The molecule has 76 valence electrons. The molecule has 2 nitrogen and oxygen atoms in total. The van der Waals surface area contributed by atoms with Crippen LogP contribution in [0.1, 0.15) is 25.7 Å². The van der Waals surface area contributed by atoms with Crippen LogP contribution in [0.15, 0.2) is 17.4 Å². The summed E-state index contributed by atoms with van der Waals surface area (Å²) in [6.07, 6.45) is 6.63. The first kappa shape index (κ1) is 9.90. The van der Waals surface area contributed by atoms with Crippen LogP contribution in [0.25, 0.3) is 0 Å². The first-order chi connectivity index (χ1) is 6.84. The first-order valence-corrected chi connectivity index (χ1v) is 5.93. The number of thioether (sulfide) groups is 1. The highest BCUT2D eigenvalue weighted by Crippen LogP contribution is 2.30. The molecule has 0 bridgehead atoms. The Labute approximate surface area is 87.3 Å². The third-order valence-corrected chi connectivity index (χ3v) is 3.71. The fourth-order valence-corrected chi connectivity index (χ4v) is 2.82. The summed E-state index contributed by atoms with van der Waals surface area (Å²) in [7, 11) is 0. The quantitative estimate of drug-likeness (QED) is 0.569. The van der Waals surface area contributed by atoms with Crippen LogP contribution in [0, 0.1) is 11.9 Å². The SMILES string of the molecule is Fc1cc(SCC2CCCC2)ncn1. The number of halogens is 1. The molecule has 0 atom stereocenters. The molecule has 2 rings (SSSR count). The van der Waals surface area contributed by atoms with E-state index in [9.17, 15) is 4.39 Å². The minimum absolute atomic E-state index is 0.436. The van der Waals surface area contributed by atoms with Gasteiger partial charge in [0.15, 0.2) is 0 Å². The molecule has 14 heavy (non-hydrogen) atoms. The van der Waals surface area contributed by atoms with Gasteiger partial charge in [-0.1, -0.05) is 12.8 Å². The van der Waals surface area contributed by atoms with Gasteiger partial charge < -0.3 is 0 Å².